The number of non-ortho nitro benzene ring substituents is 1. The van der Waals surface area contributed by atoms with Crippen LogP contribution < -0.4 is 0 Å². The van der Waals surface area contributed by atoms with E-state index in [0.717, 1.165) is 10.9 Å². The van der Waals surface area contributed by atoms with Gasteiger partial charge in [-0.15, -0.1) is 0 Å². The second kappa shape index (κ2) is 6.37. The van der Waals surface area contributed by atoms with Crippen LogP contribution in [0.3, 0.4) is 0 Å². The number of benzene rings is 3. The number of hydrogen-bond donors (Lipinski definition) is 0. The number of rotatable bonds is 4. The maximum atomic E-state index is 13.4. The summed E-state index contributed by atoms with van der Waals surface area (Å²) in [6.07, 6.45) is 0. The van der Waals surface area contributed by atoms with Crippen molar-refractivity contribution in [3.05, 3.63) is 95.0 Å². The van der Waals surface area contributed by atoms with Gasteiger partial charge in [-0.05, 0) is 29.8 Å². The van der Waals surface area contributed by atoms with E-state index in [9.17, 15) is 18.5 Å². The highest BCUT2D eigenvalue weighted by atomic mass is 32.2. The average Bonchev–Trinajstić information content (AvgIpc) is 3.09. The van der Waals surface area contributed by atoms with E-state index in [1.165, 1.54) is 28.2 Å². The number of aromatic nitrogens is 1. The Labute approximate surface area is 155 Å². The number of nitro groups is 1. The van der Waals surface area contributed by atoms with Gasteiger partial charge in [-0.25, -0.2) is 12.4 Å². The van der Waals surface area contributed by atoms with Gasteiger partial charge in [-0.3, -0.25) is 10.1 Å². The predicted octanol–water partition coefficient (Wildman–Crippen LogP) is 4.45. The van der Waals surface area contributed by atoms with Crippen molar-refractivity contribution >= 4 is 26.6 Å². The lowest BCUT2D eigenvalue weighted by Crippen LogP contribution is -2.14. The molecule has 4 aromatic rings. The van der Waals surface area contributed by atoms with Crippen LogP contribution in [0.1, 0.15) is 0 Å². The fourth-order valence-electron chi connectivity index (χ4n) is 3.04. The van der Waals surface area contributed by atoms with Crippen molar-refractivity contribution in [2.45, 2.75) is 4.90 Å². The van der Waals surface area contributed by atoms with E-state index in [1.807, 2.05) is 48.5 Å². The number of para-hydroxylation sites is 1. The Kier molecular flexibility index (Phi) is 4.01. The molecule has 0 saturated heterocycles. The minimum atomic E-state index is -3.95. The van der Waals surface area contributed by atoms with Gasteiger partial charge < -0.3 is 0 Å². The molecule has 0 fully saturated rings. The molecular weight excluding hydrogens is 364 g/mol. The average molecular weight is 378 g/mol. The third-order valence-corrected chi connectivity index (χ3v) is 6.06. The molecule has 1 aromatic heterocycles. The minimum Gasteiger partial charge on any atom is -0.258 e. The third-order valence-electron chi connectivity index (χ3n) is 4.32. The number of hydrogen-bond acceptors (Lipinski definition) is 4. The maximum absolute atomic E-state index is 13.4. The molecule has 3 aromatic carbocycles. The highest BCUT2D eigenvalue weighted by molar-refractivity contribution is 7.90. The first-order valence-corrected chi connectivity index (χ1v) is 9.58. The molecule has 0 amide bonds. The van der Waals surface area contributed by atoms with Gasteiger partial charge in [0.05, 0.1) is 21.0 Å². The van der Waals surface area contributed by atoms with Gasteiger partial charge in [0.1, 0.15) is 0 Å². The SMILES string of the molecule is O=[N+]([O-])c1ccc(S(=O)(=O)n2c(-c3ccccc3)cc3ccccc32)cc1. The second-order valence-electron chi connectivity index (χ2n) is 5.97. The normalized spacial score (nSPS) is 11.6. The highest BCUT2D eigenvalue weighted by Gasteiger charge is 2.24. The van der Waals surface area contributed by atoms with Crippen LogP contribution in [0, 0.1) is 10.1 Å². The monoisotopic (exact) mass is 378 g/mol. The zero-order chi connectivity index (χ0) is 19.0. The summed E-state index contributed by atoms with van der Waals surface area (Å²) >= 11 is 0. The van der Waals surface area contributed by atoms with Crippen LogP contribution in [0.4, 0.5) is 5.69 Å². The first kappa shape index (κ1) is 17.0. The molecule has 0 unspecified atom stereocenters. The van der Waals surface area contributed by atoms with Crippen LogP contribution in [0.25, 0.3) is 22.2 Å². The summed E-state index contributed by atoms with van der Waals surface area (Å²) in [5, 5.41) is 11.6. The van der Waals surface area contributed by atoms with Gasteiger partial charge in [-0.2, -0.15) is 0 Å². The lowest BCUT2D eigenvalue weighted by atomic mass is 10.1. The molecule has 27 heavy (non-hydrogen) atoms. The zero-order valence-electron chi connectivity index (χ0n) is 14.0. The summed E-state index contributed by atoms with van der Waals surface area (Å²) in [5.74, 6) is 0. The Bertz CT molecular complexity index is 1240. The van der Waals surface area contributed by atoms with E-state index < -0.39 is 14.9 Å². The van der Waals surface area contributed by atoms with E-state index in [0.29, 0.717) is 11.2 Å². The van der Waals surface area contributed by atoms with Crippen molar-refractivity contribution in [1.29, 1.82) is 0 Å². The maximum Gasteiger partial charge on any atom is 0.269 e. The Morgan fingerprint density at radius 1 is 0.815 bits per heavy atom. The highest BCUT2D eigenvalue weighted by Crippen LogP contribution is 2.32. The summed E-state index contributed by atoms with van der Waals surface area (Å²) < 4.78 is 28.0. The third kappa shape index (κ3) is 2.88. The van der Waals surface area contributed by atoms with Crippen molar-refractivity contribution in [3.8, 4) is 11.3 Å². The lowest BCUT2D eigenvalue weighted by Gasteiger charge is -2.12. The molecule has 0 atom stereocenters. The Balaban J connectivity index is 1.98. The first-order valence-electron chi connectivity index (χ1n) is 8.14. The van der Waals surface area contributed by atoms with Crippen LogP contribution in [0.2, 0.25) is 0 Å². The van der Waals surface area contributed by atoms with Crippen LogP contribution in [-0.2, 0) is 10.0 Å². The van der Waals surface area contributed by atoms with Gasteiger partial charge in [-0.1, -0.05) is 48.5 Å². The summed E-state index contributed by atoms with van der Waals surface area (Å²) in [6, 6.07) is 23.2. The topological polar surface area (TPSA) is 82.2 Å². The van der Waals surface area contributed by atoms with Gasteiger partial charge in [0.2, 0.25) is 0 Å². The fraction of sp³-hybridized carbons (Fsp3) is 0. The molecule has 4 rings (SSSR count). The summed E-state index contributed by atoms with van der Waals surface area (Å²) in [4.78, 5) is 10.3. The van der Waals surface area contributed by atoms with Crippen molar-refractivity contribution < 1.29 is 13.3 Å². The Morgan fingerprint density at radius 3 is 2.11 bits per heavy atom. The largest absolute Gasteiger partial charge is 0.269 e. The molecule has 0 aliphatic rings. The van der Waals surface area contributed by atoms with E-state index in [1.54, 1.807) is 12.1 Å². The second-order valence-corrected chi connectivity index (χ2v) is 7.76. The van der Waals surface area contributed by atoms with E-state index in [2.05, 4.69) is 0 Å². The number of fused-ring (bicyclic) bond motifs is 1. The number of nitro benzene ring substituents is 1. The minimum absolute atomic E-state index is 0.00775. The quantitative estimate of drug-likeness (QED) is 0.388. The van der Waals surface area contributed by atoms with Crippen molar-refractivity contribution in [3.63, 3.8) is 0 Å². The van der Waals surface area contributed by atoms with Gasteiger partial charge >= 0.3 is 0 Å². The van der Waals surface area contributed by atoms with Crippen LogP contribution >= 0.6 is 0 Å². The molecule has 0 bridgehead atoms. The van der Waals surface area contributed by atoms with E-state index in [-0.39, 0.29) is 10.6 Å². The van der Waals surface area contributed by atoms with E-state index in [4.69, 9.17) is 0 Å². The Hall–Kier alpha value is -3.45. The van der Waals surface area contributed by atoms with Crippen LogP contribution in [0.15, 0.2) is 89.8 Å². The molecule has 0 aliphatic carbocycles. The molecule has 0 radical (unpaired) electrons. The van der Waals surface area contributed by atoms with Crippen molar-refractivity contribution in [2.75, 3.05) is 0 Å². The smallest absolute Gasteiger partial charge is 0.258 e. The van der Waals surface area contributed by atoms with Crippen molar-refractivity contribution in [1.82, 2.24) is 3.97 Å². The van der Waals surface area contributed by atoms with Crippen LogP contribution in [-0.4, -0.2) is 17.3 Å². The molecule has 0 N–H and O–H groups in total. The van der Waals surface area contributed by atoms with E-state index >= 15 is 0 Å². The zero-order valence-corrected chi connectivity index (χ0v) is 14.8. The van der Waals surface area contributed by atoms with Gasteiger partial charge in [0.15, 0.2) is 0 Å². The van der Waals surface area contributed by atoms with Gasteiger partial charge in [0, 0.05) is 17.5 Å². The molecule has 6 nitrogen and oxygen atoms in total. The summed E-state index contributed by atoms with van der Waals surface area (Å²) in [7, 11) is -3.95. The molecule has 0 aliphatic heterocycles. The molecule has 0 saturated carbocycles. The van der Waals surface area contributed by atoms with Crippen LogP contribution in [0.5, 0.6) is 0 Å². The molecule has 0 spiro atoms. The summed E-state index contributed by atoms with van der Waals surface area (Å²) in [6.45, 7) is 0. The van der Waals surface area contributed by atoms with Crippen molar-refractivity contribution in [2.24, 2.45) is 0 Å². The first-order chi connectivity index (χ1) is 13.0. The molecule has 7 heteroatoms. The predicted molar refractivity (Wildman–Crippen MR) is 103 cm³/mol. The standard InChI is InChI=1S/C20H14N2O4S/c23-22(24)17-10-12-18(13-11-17)27(25,26)21-19-9-5-4-8-16(19)14-20(21)15-6-2-1-3-7-15/h1-14H. The number of nitrogens with zero attached hydrogens (tertiary/aromatic N) is 2. The molecular formula is C20H14N2O4S. The van der Waals surface area contributed by atoms with Gasteiger partial charge in [0.25, 0.3) is 15.7 Å². The lowest BCUT2D eigenvalue weighted by molar-refractivity contribution is -0.384. The molecule has 1 heterocycles. The fourth-order valence-corrected chi connectivity index (χ4v) is 4.58. The summed E-state index contributed by atoms with van der Waals surface area (Å²) in [5.41, 5.74) is 1.69. The molecule has 134 valence electrons. The Morgan fingerprint density at radius 2 is 1.44 bits per heavy atom.